The van der Waals surface area contributed by atoms with Crippen LogP contribution in [0.4, 0.5) is 0 Å². The minimum absolute atomic E-state index is 0.141. The molecule has 0 aromatic heterocycles. The van der Waals surface area contributed by atoms with E-state index in [-0.39, 0.29) is 13.2 Å². The molecule has 4 rings (SSSR count). The molecule has 0 bridgehead atoms. The number of carboxylic acids is 2. The summed E-state index contributed by atoms with van der Waals surface area (Å²) in [5.41, 5.74) is 2.13. The van der Waals surface area contributed by atoms with Crippen molar-refractivity contribution < 1.29 is 48.3 Å². The van der Waals surface area contributed by atoms with Gasteiger partial charge in [0.25, 0.3) is 0 Å². The number of ether oxygens (including phenoxy) is 4. The molecule has 2 fully saturated rings. The van der Waals surface area contributed by atoms with Gasteiger partial charge >= 0.3 is 23.9 Å². The Kier molecular flexibility index (Phi) is 18.8. The molecule has 2 atom stereocenters. The molecule has 2 aliphatic rings. The first-order valence-electron chi connectivity index (χ1n) is 16.0. The Bertz CT molecular complexity index is 1350. The first-order valence-corrected chi connectivity index (χ1v) is 22.5. The normalized spacial score (nSPS) is 16.3. The smallest absolute Gasteiger partial charge is 0.331 e. The fraction of sp³-hybridized carbons (Fsp3) is 0.429. The fourth-order valence-corrected chi connectivity index (χ4v) is 13.3. The van der Waals surface area contributed by atoms with Crippen molar-refractivity contribution in [3.05, 3.63) is 84.0 Å². The molecule has 0 aliphatic carbocycles. The standard InChI is InChI=1S/C35H40O10S6/c36-30(37)9-11-32(40)44-28(20-46-22-34-48-13-14-49-34)18-42-26-5-1-24(2-6-26)17-25-3-7-27(8-4-25)43-19-29(45-33(41)12-10-31(38)39)21-47-23-35-50-15-16-51-35/h1-12,28-29,34-35H,13-23H2,(H,36,37)(H,38,39)/b11-9-,12-10-. The summed E-state index contributed by atoms with van der Waals surface area (Å²) < 4.78 is 24.0. The van der Waals surface area contributed by atoms with Crippen molar-refractivity contribution in [2.45, 2.75) is 27.8 Å². The van der Waals surface area contributed by atoms with Gasteiger partial charge < -0.3 is 29.2 Å². The van der Waals surface area contributed by atoms with Gasteiger partial charge in [0.2, 0.25) is 0 Å². The van der Waals surface area contributed by atoms with E-state index in [2.05, 4.69) is 0 Å². The number of hydrogen-bond acceptors (Lipinski definition) is 14. The van der Waals surface area contributed by atoms with E-state index in [1.165, 1.54) is 0 Å². The number of thioether (sulfide) groups is 6. The second-order valence-corrected chi connectivity index (χ2v) is 19.0. The summed E-state index contributed by atoms with van der Waals surface area (Å²) in [6, 6.07) is 15.3. The van der Waals surface area contributed by atoms with Crippen LogP contribution in [-0.4, -0.2) is 115 Å². The second-order valence-electron chi connectivity index (χ2n) is 11.0. The van der Waals surface area contributed by atoms with Crippen molar-refractivity contribution in [3.8, 4) is 11.5 Å². The minimum atomic E-state index is -1.22. The van der Waals surface area contributed by atoms with Gasteiger partial charge in [-0.2, -0.15) is 23.5 Å². The van der Waals surface area contributed by atoms with E-state index in [1.54, 1.807) is 23.5 Å². The highest BCUT2D eigenvalue weighted by atomic mass is 32.2. The van der Waals surface area contributed by atoms with Crippen molar-refractivity contribution in [2.75, 3.05) is 59.2 Å². The molecule has 2 aromatic rings. The van der Waals surface area contributed by atoms with Crippen molar-refractivity contribution in [3.63, 3.8) is 0 Å². The quantitative estimate of drug-likeness (QED) is 0.102. The molecule has 2 aromatic carbocycles. The topological polar surface area (TPSA) is 146 Å². The molecule has 16 heteroatoms. The first kappa shape index (κ1) is 41.3. The summed E-state index contributed by atoms with van der Waals surface area (Å²) in [5.74, 6) is 4.89. The summed E-state index contributed by atoms with van der Waals surface area (Å²) in [7, 11) is 0. The SMILES string of the molecule is O=C(O)/C=C\C(=O)OC(COc1ccc(Cc2ccc(OCC(CSCC3SCCS3)OC(=O)/C=C\C(=O)O)cc2)cc1)CSCC1SCCS1. The predicted molar refractivity (Wildman–Crippen MR) is 212 cm³/mol. The lowest BCUT2D eigenvalue weighted by Gasteiger charge is -2.19. The maximum atomic E-state index is 12.2. The molecular weight excluding hydrogens is 773 g/mol. The number of carboxylic acid groups (broad SMARTS) is 2. The van der Waals surface area contributed by atoms with Gasteiger partial charge in [-0.05, 0) is 41.8 Å². The van der Waals surface area contributed by atoms with Crippen LogP contribution in [0.2, 0.25) is 0 Å². The van der Waals surface area contributed by atoms with E-state index >= 15 is 0 Å². The Morgan fingerprint density at radius 1 is 0.627 bits per heavy atom. The van der Waals surface area contributed by atoms with Crippen LogP contribution in [0.15, 0.2) is 72.8 Å². The average molecular weight is 813 g/mol. The van der Waals surface area contributed by atoms with Crippen molar-refractivity contribution in [1.29, 1.82) is 0 Å². The summed E-state index contributed by atoms with van der Waals surface area (Å²) in [6.45, 7) is 0.281. The third kappa shape index (κ3) is 17.3. The van der Waals surface area contributed by atoms with Gasteiger partial charge in [-0.15, -0.1) is 47.0 Å². The van der Waals surface area contributed by atoms with Gasteiger partial charge in [-0.25, -0.2) is 19.2 Å². The molecule has 51 heavy (non-hydrogen) atoms. The molecule has 2 N–H and O–H groups in total. The van der Waals surface area contributed by atoms with Gasteiger partial charge in [0, 0.05) is 70.3 Å². The summed E-state index contributed by atoms with van der Waals surface area (Å²) in [6.07, 6.45) is 2.93. The molecule has 2 unspecified atom stereocenters. The Labute approximate surface area is 323 Å². The largest absolute Gasteiger partial charge is 0.490 e. The van der Waals surface area contributed by atoms with Crippen LogP contribution < -0.4 is 9.47 Å². The van der Waals surface area contributed by atoms with Gasteiger partial charge in [0.15, 0.2) is 0 Å². The lowest BCUT2D eigenvalue weighted by Crippen LogP contribution is -2.27. The molecule has 10 nitrogen and oxygen atoms in total. The Morgan fingerprint density at radius 3 is 1.35 bits per heavy atom. The summed E-state index contributed by atoms with van der Waals surface area (Å²) in [5, 5.41) is 17.6. The van der Waals surface area contributed by atoms with Gasteiger partial charge in [0.05, 0.1) is 9.16 Å². The molecule has 0 radical (unpaired) electrons. The maximum absolute atomic E-state index is 12.2. The summed E-state index contributed by atoms with van der Waals surface area (Å²) in [4.78, 5) is 45.9. The van der Waals surface area contributed by atoms with Gasteiger partial charge in [-0.1, -0.05) is 24.3 Å². The molecule has 0 spiro atoms. The molecule has 276 valence electrons. The van der Waals surface area contributed by atoms with Crippen LogP contribution in [0.3, 0.4) is 0 Å². The number of esters is 2. The lowest BCUT2D eigenvalue weighted by atomic mass is 10.0. The molecule has 2 saturated heterocycles. The number of aliphatic carboxylic acids is 2. The third-order valence-corrected chi connectivity index (χ3v) is 16.2. The number of benzene rings is 2. The van der Waals surface area contributed by atoms with E-state index in [1.807, 2.05) is 95.6 Å². The maximum Gasteiger partial charge on any atom is 0.331 e. The van der Waals surface area contributed by atoms with E-state index in [9.17, 15) is 19.2 Å². The van der Waals surface area contributed by atoms with Crippen LogP contribution in [0.25, 0.3) is 0 Å². The zero-order valence-corrected chi connectivity index (χ0v) is 32.5. The Hall–Kier alpha value is -2.50. The van der Waals surface area contributed by atoms with Crippen molar-refractivity contribution >= 4 is 94.4 Å². The monoisotopic (exact) mass is 812 g/mol. The second kappa shape index (κ2) is 23.2. The van der Waals surface area contributed by atoms with Crippen LogP contribution in [-0.2, 0) is 35.1 Å². The Morgan fingerprint density at radius 2 is 1.00 bits per heavy atom. The zero-order chi connectivity index (χ0) is 36.3. The van der Waals surface area contributed by atoms with Crippen LogP contribution >= 0.6 is 70.6 Å². The number of rotatable bonds is 22. The first-order chi connectivity index (χ1) is 24.7. The molecule has 0 saturated carbocycles. The third-order valence-electron chi connectivity index (χ3n) is 6.91. The molecule has 2 heterocycles. The van der Waals surface area contributed by atoms with Gasteiger partial charge in [0.1, 0.15) is 36.9 Å². The zero-order valence-electron chi connectivity index (χ0n) is 27.6. The van der Waals surface area contributed by atoms with Crippen LogP contribution in [0.5, 0.6) is 11.5 Å². The average Bonchev–Trinajstić information content (AvgIpc) is 3.84. The van der Waals surface area contributed by atoms with Crippen LogP contribution in [0.1, 0.15) is 11.1 Å². The van der Waals surface area contributed by atoms with Crippen LogP contribution in [0, 0.1) is 0 Å². The van der Waals surface area contributed by atoms with Crippen molar-refractivity contribution in [1.82, 2.24) is 0 Å². The van der Waals surface area contributed by atoms with E-state index in [4.69, 9.17) is 29.2 Å². The Balaban J connectivity index is 1.24. The number of carbonyl (C=O) groups is 4. The predicted octanol–water partition coefficient (Wildman–Crippen LogP) is 6.22. The van der Waals surface area contributed by atoms with E-state index in [0.29, 0.717) is 38.6 Å². The number of hydrogen-bond donors (Lipinski definition) is 2. The molecule has 0 amide bonds. The summed E-state index contributed by atoms with van der Waals surface area (Å²) >= 11 is 11.1. The van der Waals surface area contributed by atoms with Crippen molar-refractivity contribution in [2.24, 2.45) is 0 Å². The highest BCUT2D eigenvalue weighted by Crippen LogP contribution is 2.35. The van der Waals surface area contributed by atoms with E-state index in [0.717, 1.165) is 69.9 Å². The fourth-order valence-electron chi connectivity index (χ4n) is 4.54. The molecule has 2 aliphatic heterocycles. The minimum Gasteiger partial charge on any atom is -0.490 e. The highest BCUT2D eigenvalue weighted by molar-refractivity contribution is 8.21. The molecular formula is C35H40O10S6. The van der Waals surface area contributed by atoms with E-state index < -0.39 is 36.1 Å². The number of carbonyl (C=O) groups excluding carboxylic acids is 2. The van der Waals surface area contributed by atoms with Gasteiger partial charge in [-0.3, -0.25) is 0 Å². The highest BCUT2D eigenvalue weighted by Gasteiger charge is 2.21. The lowest BCUT2D eigenvalue weighted by molar-refractivity contribution is -0.144.